The number of hydrogen-bond acceptors (Lipinski definition) is 8. The van der Waals surface area contributed by atoms with Gasteiger partial charge in [0, 0.05) is 47.8 Å². The van der Waals surface area contributed by atoms with Gasteiger partial charge in [-0.1, -0.05) is 139 Å². The van der Waals surface area contributed by atoms with Gasteiger partial charge in [0.05, 0.1) is 124 Å². The molecule has 4 aromatic heterocycles. The summed E-state index contributed by atoms with van der Waals surface area (Å²) in [7, 11) is 99.9. The van der Waals surface area contributed by atoms with Gasteiger partial charge in [0.1, 0.15) is 48.9 Å². The Morgan fingerprint density at radius 1 is 0.274 bits per heavy atom. The van der Waals surface area contributed by atoms with Crippen LogP contribution in [0.2, 0.25) is 60.3 Å². The average Bonchev–Trinajstić information content (AvgIpc) is 1.55. The van der Waals surface area contributed by atoms with Crippen molar-refractivity contribution in [1.29, 1.82) is 0 Å². The Morgan fingerprint density at radius 3 is 0.531 bits per heavy atom. The van der Waals surface area contributed by atoms with E-state index in [-0.39, 0.29) is 52.9 Å². The van der Waals surface area contributed by atoms with Crippen molar-refractivity contribution in [2.75, 3.05) is 52.9 Å². The van der Waals surface area contributed by atoms with Gasteiger partial charge in [-0.2, -0.15) is 0 Å². The monoisotopic (exact) mass is 2720 g/mol. The third-order valence-corrected chi connectivity index (χ3v) is 17.3. The molecular weight excluding hydrogens is 2680 g/mol. The summed E-state index contributed by atoms with van der Waals surface area (Å²) in [5, 5.41) is 4.60. The molecule has 0 aliphatic carbocycles. The average molecular weight is 2740 g/mol. The zero-order valence-corrected chi connectivity index (χ0v) is 96.3. The van der Waals surface area contributed by atoms with Crippen LogP contribution in [0.1, 0.15) is 74.3 Å². The van der Waals surface area contributed by atoms with Crippen molar-refractivity contribution in [2.24, 2.45) is 5.41 Å². The first-order valence-electron chi connectivity index (χ1n) is 31.4. The quantitative estimate of drug-likeness (QED) is 0.0270. The summed E-state index contributed by atoms with van der Waals surface area (Å²) in [5.41, 5.74) is 1.26. The molecule has 0 saturated heterocycles. The SMILES string of the molecule is CC[n+]1c(C)nc(CCOCC(COCCc2nc(C)[n+](CC)n2-c2c(Cl)cc(Cl)cc2Cl)(COCCc2nc(C)[n+](CC)n2-c2c(Cl)cc(Cl)cc2Cl)COCCc2nc(C)[n+](CC)n2-c2c(Cl)cc(Cl)cc2Cl)n1-c1c(Cl)cc(Cl)cc1Cl.[Cl][Sb-]([Cl])([Cl])([Cl])([Cl])[Cl].[Cl][Sb-]([Cl])([Cl])([Cl])([Cl])[Cl].[Cl][Sb-]([Cl])([Cl])([Cl])([Cl])[Cl].[Cl][Sb-]([Cl])([Cl])([Cl])([Cl])[Cl]. The van der Waals surface area contributed by atoms with E-state index < -0.39 is 42.0 Å². The topological polar surface area (TPSA) is 124 Å². The van der Waals surface area contributed by atoms with Crippen LogP contribution >= 0.6 is 351 Å². The zero-order valence-electron chi connectivity index (χ0n) is 58.8. The minimum atomic E-state index is -5.42. The maximum atomic E-state index is 6.85. The molecule has 0 saturated carbocycles. The van der Waals surface area contributed by atoms with Crippen molar-refractivity contribution < 1.29 is 37.7 Å². The third kappa shape index (κ3) is 44.6. The Kier molecular flexibility index (Phi) is 40.8. The van der Waals surface area contributed by atoms with Gasteiger partial charge in [-0.15, -0.1) is 37.5 Å². The Labute approximate surface area is 793 Å². The fourth-order valence-corrected chi connectivity index (χ4v) is 14.3. The van der Waals surface area contributed by atoms with E-state index in [2.05, 4.69) is 0 Å². The summed E-state index contributed by atoms with van der Waals surface area (Å²) in [4.78, 5) is 19.8. The van der Waals surface area contributed by atoms with Gasteiger partial charge in [-0.05, 0) is 96.2 Å². The van der Waals surface area contributed by atoms with E-state index in [1.807, 2.05) is 92.8 Å². The van der Waals surface area contributed by atoms with Crippen LogP contribution in [0.15, 0.2) is 48.5 Å². The molecule has 0 unspecified atom stereocenters. The number of hydrogen-bond donors (Lipinski definition) is 0. The molecule has 648 valence electrons. The van der Waals surface area contributed by atoms with E-state index in [0.717, 1.165) is 23.3 Å². The van der Waals surface area contributed by atoms with Gasteiger partial charge < -0.3 is 18.9 Å². The number of ether oxygens (including phenoxy) is 4. The molecule has 0 amide bonds. The molecule has 0 radical (unpaired) electrons. The minimum absolute atomic E-state index is 0.113. The second-order valence-corrected chi connectivity index (χ2v) is 256. The molecule has 0 atom stereocenters. The standard InChI is InChI=1S/C57H64Cl12N12O4.24ClH.4Sb/c1-9-74-33(5)70-49(78(74)53-41(62)21-37(58)22-42(53)63)13-17-82-29-57(30-83-18-14-50-71-34(6)75(10-2)79(50)54-43(64)23-38(59)24-44(54)65,31-84-19-15-51-72-35(7)76(11-3)80(51)55-45(66)25-39(60)26-46(55)67)32-85-20-16-52-73-36(8)77(12-4)81(52)56-47(68)27-40(61)28-48(56)69;;;;;;;;;;;;;;;;;;;;;;;;;;;;/h21-28H,9-20,29-32H2,1-8H3;24*1H;;;;/q+4;;;;;;;;;;;;;;;;;;;;;;;;;4*+5/p-24. The van der Waals surface area contributed by atoms with Gasteiger partial charge >= 0.3 is 272 Å². The van der Waals surface area contributed by atoms with Crippen LogP contribution in [0.4, 0.5) is 0 Å². The van der Waals surface area contributed by atoms with Crippen molar-refractivity contribution in [3.8, 4) is 22.7 Å². The summed E-state index contributed by atoms with van der Waals surface area (Å²) in [5.74, 6) is 5.70. The van der Waals surface area contributed by atoms with Crippen LogP contribution in [-0.2, 0) is 70.8 Å². The van der Waals surface area contributed by atoms with Crippen LogP contribution in [0.5, 0.6) is 0 Å². The van der Waals surface area contributed by atoms with Crippen LogP contribution in [0.3, 0.4) is 0 Å². The number of aromatic nitrogens is 12. The normalized spacial score (nSPS) is 14.8. The fraction of sp³-hybridized carbons (Fsp3) is 0.439. The Hall–Kier alpha value is 6.99. The predicted molar refractivity (Wildman–Crippen MR) is 501 cm³/mol. The Morgan fingerprint density at radius 2 is 0.407 bits per heavy atom. The van der Waals surface area contributed by atoms with Gasteiger partial charge in [0.25, 0.3) is 23.3 Å². The van der Waals surface area contributed by atoms with Crippen LogP contribution in [0, 0.1) is 33.1 Å². The molecule has 113 heavy (non-hydrogen) atoms. The molecule has 0 bridgehead atoms. The molecule has 0 spiro atoms. The molecule has 8 aromatic rings. The molecule has 0 aliphatic rings. The first-order valence-corrected chi connectivity index (χ1v) is 114. The Bertz CT molecular complexity index is 4010. The van der Waals surface area contributed by atoms with E-state index in [4.69, 9.17) is 390 Å². The van der Waals surface area contributed by atoms with Crippen molar-refractivity contribution in [3.05, 3.63) is 155 Å². The van der Waals surface area contributed by atoms with E-state index in [9.17, 15) is 0 Å². The number of aryl methyl sites for hydroxylation is 4. The summed E-state index contributed by atoms with van der Waals surface area (Å²) in [6.45, 7) is 19.4. The second-order valence-electron chi connectivity index (χ2n) is 23.8. The molecule has 0 fully saturated rings. The van der Waals surface area contributed by atoms with Crippen molar-refractivity contribution in [2.45, 2.75) is 107 Å². The van der Waals surface area contributed by atoms with Crippen LogP contribution in [0.25, 0.3) is 22.7 Å². The number of benzene rings is 4. The van der Waals surface area contributed by atoms with Crippen molar-refractivity contribution >= 4 is 388 Å². The van der Waals surface area contributed by atoms with Crippen LogP contribution < -0.4 is 18.7 Å². The molecular formula is C57H64Cl36N12O4Sb4. The van der Waals surface area contributed by atoms with E-state index >= 15 is 0 Å². The van der Waals surface area contributed by atoms with Gasteiger partial charge in [-0.3, -0.25) is 0 Å². The predicted octanol–water partition coefficient (Wildman–Crippen LogP) is 29.1. The van der Waals surface area contributed by atoms with Gasteiger partial charge in [0.2, 0.25) is 0 Å². The molecule has 4 aromatic carbocycles. The van der Waals surface area contributed by atoms with Crippen molar-refractivity contribution in [3.63, 3.8) is 0 Å². The summed E-state index contributed by atoms with van der Waals surface area (Å²) in [6.07, 6.45) is 1.45. The second kappa shape index (κ2) is 41.0. The molecule has 56 heteroatoms. The third-order valence-electron chi connectivity index (χ3n) is 14.1. The first-order chi connectivity index (χ1) is 50.3. The summed E-state index contributed by atoms with van der Waals surface area (Å²) >= 11 is 80.3. The Balaban J connectivity index is 0.000000815. The first kappa shape index (κ1) is 112. The summed E-state index contributed by atoms with van der Waals surface area (Å²) in [6, 6.07) is 13.2. The van der Waals surface area contributed by atoms with Crippen LogP contribution in [-0.4, -0.2) is 128 Å². The fourth-order valence-electron chi connectivity index (χ4n) is 10.4. The molecule has 8 rings (SSSR count). The number of nitrogens with zero attached hydrogens (tertiary/aromatic N) is 12. The number of halogens is 36. The summed E-state index contributed by atoms with van der Waals surface area (Å²) < 4.78 is 42.7. The molecule has 16 nitrogen and oxygen atoms in total. The molecule has 0 aliphatic heterocycles. The van der Waals surface area contributed by atoms with E-state index in [0.29, 0.717) is 158 Å². The zero-order chi connectivity index (χ0) is 87.2. The van der Waals surface area contributed by atoms with Gasteiger partial charge in [-0.25, -0.2) is 0 Å². The molecule has 4 heterocycles. The number of rotatable bonds is 28. The maximum absolute atomic E-state index is 6.85. The van der Waals surface area contributed by atoms with E-state index in [1.165, 1.54) is 0 Å². The van der Waals surface area contributed by atoms with Gasteiger partial charge in [0.15, 0.2) is 0 Å². The van der Waals surface area contributed by atoms with Crippen molar-refractivity contribution in [1.82, 2.24) is 38.7 Å². The molecule has 0 N–H and O–H groups in total. The van der Waals surface area contributed by atoms with E-state index in [1.54, 1.807) is 48.5 Å².